The van der Waals surface area contributed by atoms with Crippen LogP contribution in [0.1, 0.15) is 12.0 Å². The average Bonchev–Trinajstić information content (AvgIpc) is 2.51. The Morgan fingerprint density at radius 1 is 1.29 bits per heavy atom. The van der Waals surface area contributed by atoms with Crippen molar-refractivity contribution in [3.63, 3.8) is 0 Å². The molecular weight excluding hydrogens is 308 g/mol. The monoisotopic (exact) mass is 326 g/mol. The standard InChI is InChI=1S/C16H18N6O2/c17-14-13(22(23)24)8-18-15(19-14)20-10-16(11-20)6-7-21(16)9-12-4-2-1-3-5-12/h1-5,8H,6-7,9-11H2,(H2,17,18,19). The van der Waals surface area contributed by atoms with Crippen LogP contribution in [0.15, 0.2) is 36.5 Å². The zero-order valence-corrected chi connectivity index (χ0v) is 13.1. The molecule has 0 bridgehead atoms. The maximum absolute atomic E-state index is 10.8. The second-order valence-electron chi connectivity index (χ2n) is 6.44. The highest BCUT2D eigenvalue weighted by atomic mass is 16.6. The van der Waals surface area contributed by atoms with Crippen molar-refractivity contribution >= 4 is 17.5 Å². The smallest absolute Gasteiger partial charge is 0.329 e. The molecule has 2 saturated heterocycles. The number of benzene rings is 1. The molecule has 1 aromatic carbocycles. The van der Waals surface area contributed by atoms with E-state index in [1.54, 1.807) is 0 Å². The van der Waals surface area contributed by atoms with E-state index >= 15 is 0 Å². The number of nitrogens with two attached hydrogens (primary N) is 1. The first-order valence-corrected chi connectivity index (χ1v) is 7.88. The number of rotatable bonds is 4. The maximum atomic E-state index is 10.8. The predicted molar refractivity (Wildman–Crippen MR) is 89.5 cm³/mol. The number of anilines is 2. The van der Waals surface area contributed by atoms with Gasteiger partial charge in [-0.25, -0.2) is 4.98 Å². The van der Waals surface area contributed by atoms with E-state index in [1.807, 2.05) is 11.0 Å². The summed E-state index contributed by atoms with van der Waals surface area (Å²) in [5, 5.41) is 10.8. The number of nitrogens with zero attached hydrogens (tertiary/aromatic N) is 5. The summed E-state index contributed by atoms with van der Waals surface area (Å²) >= 11 is 0. The molecule has 2 aliphatic rings. The molecular formula is C16H18N6O2. The summed E-state index contributed by atoms with van der Waals surface area (Å²) in [7, 11) is 0. The fraction of sp³-hybridized carbons (Fsp3) is 0.375. The second kappa shape index (κ2) is 5.41. The Morgan fingerprint density at radius 2 is 2.04 bits per heavy atom. The number of nitrogen functional groups attached to an aromatic ring is 1. The zero-order chi connectivity index (χ0) is 16.7. The van der Waals surface area contributed by atoms with Gasteiger partial charge in [0.05, 0.1) is 10.5 Å². The molecule has 8 nitrogen and oxygen atoms in total. The zero-order valence-electron chi connectivity index (χ0n) is 13.1. The topological polar surface area (TPSA) is 101 Å². The highest BCUT2D eigenvalue weighted by Gasteiger charge is 2.53. The Labute approximate surface area is 139 Å². The molecule has 2 fully saturated rings. The van der Waals surface area contributed by atoms with Crippen molar-refractivity contribution < 1.29 is 4.92 Å². The van der Waals surface area contributed by atoms with E-state index in [9.17, 15) is 10.1 Å². The van der Waals surface area contributed by atoms with E-state index in [1.165, 1.54) is 11.8 Å². The van der Waals surface area contributed by atoms with Crippen LogP contribution >= 0.6 is 0 Å². The SMILES string of the molecule is Nc1nc(N2CC3(CCN3Cc3ccccc3)C2)ncc1[N+](=O)[O-]. The Bertz CT molecular complexity index is 775. The summed E-state index contributed by atoms with van der Waals surface area (Å²) in [6.07, 6.45) is 2.34. The van der Waals surface area contributed by atoms with Gasteiger partial charge >= 0.3 is 5.69 Å². The fourth-order valence-electron chi connectivity index (χ4n) is 3.47. The highest BCUT2D eigenvalue weighted by Crippen LogP contribution is 2.41. The van der Waals surface area contributed by atoms with Crippen LogP contribution in [0.2, 0.25) is 0 Å². The molecule has 1 aromatic heterocycles. The van der Waals surface area contributed by atoms with Gasteiger partial charge < -0.3 is 10.6 Å². The van der Waals surface area contributed by atoms with Crippen LogP contribution in [0.3, 0.4) is 0 Å². The molecule has 3 heterocycles. The third-order valence-corrected chi connectivity index (χ3v) is 4.97. The van der Waals surface area contributed by atoms with Crippen molar-refractivity contribution in [2.45, 2.75) is 18.5 Å². The van der Waals surface area contributed by atoms with Gasteiger partial charge in [-0.2, -0.15) is 4.98 Å². The number of nitro groups is 1. The Hall–Kier alpha value is -2.74. The lowest BCUT2D eigenvalue weighted by atomic mass is 9.77. The van der Waals surface area contributed by atoms with Gasteiger partial charge in [-0.1, -0.05) is 30.3 Å². The number of hydrogen-bond acceptors (Lipinski definition) is 7. The fourth-order valence-corrected chi connectivity index (χ4v) is 3.47. The Kier molecular flexibility index (Phi) is 3.34. The molecule has 0 saturated carbocycles. The van der Waals surface area contributed by atoms with Crippen molar-refractivity contribution in [1.29, 1.82) is 0 Å². The molecule has 124 valence electrons. The minimum atomic E-state index is -0.565. The first-order chi connectivity index (χ1) is 11.6. The average molecular weight is 326 g/mol. The summed E-state index contributed by atoms with van der Waals surface area (Å²) in [6, 6.07) is 10.4. The first-order valence-electron chi connectivity index (χ1n) is 7.88. The molecule has 2 aromatic rings. The van der Waals surface area contributed by atoms with E-state index in [2.05, 4.69) is 39.1 Å². The van der Waals surface area contributed by atoms with E-state index in [0.717, 1.165) is 32.6 Å². The third kappa shape index (κ3) is 2.35. The Morgan fingerprint density at radius 3 is 2.62 bits per heavy atom. The molecule has 1 spiro atoms. The minimum Gasteiger partial charge on any atom is -0.378 e. The maximum Gasteiger partial charge on any atom is 0.329 e. The number of aromatic nitrogens is 2. The van der Waals surface area contributed by atoms with Crippen LogP contribution in [-0.4, -0.2) is 45.0 Å². The van der Waals surface area contributed by atoms with Crippen LogP contribution in [0, 0.1) is 10.1 Å². The summed E-state index contributed by atoms with van der Waals surface area (Å²) in [4.78, 5) is 22.9. The summed E-state index contributed by atoms with van der Waals surface area (Å²) in [5.41, 5.74) is 6.89. The Balaban J connectivity index is 1.42. The largest absolute Gasteiger partial charge is 0.378 e. The molecule has 0 atom stereocenters. The van der Waals surface area contributed by atoms with Crippen LogP contribution in [0.5, 0.6) is 0 Å². The van der Waals surface area contributed by atoms with Crippen LogP contribution in [-0.2, 0) is 6.54 Å². The highest BCUT2D eigenvalue weighted by molar-refractivity contribution is 5.55. The molecule has 2 N–H and O–H groups in total. The van der Waals surface area contributed by atoms with E-state index in [-0.39, 0.29) is 17.0 Å². The van der Waals surface area contributed by atoms with Gasteiger partial charge in [0.25, 0.3) is 0 Å². The summed E-state index contributed by atoms with van der Waals surface area (Å²) in [6.45, 7) is 3.69. The van der Waals surface area contributed by atoms with E-state index < -0.39 is 4.92 Å². The van der Waals surface area contributed by atoms with Crippen LogP contribution in [0.4, 0.5) is 17.5 Å². The predicted octanol–water partition coefficient (Wildman–Crippen LogP) is 1.43. The molecule has 8 heteroatoms. The molecule has 2 aliphatic heterocycles. The number of hydrogen-bond donors (Lipinski definition) is 1. The van der Waals surface area contributed by atoms with E-state index in [4.69, 9.17) is 5.73 Å². The first kappa shape index (κ1) is 14.8. The van der Waals surface area contributed by atoms with Crippen molar-refractivity contribution in [3.8, 4) is 0 Å². The summed E-state index contributed by atoms with van der Waals surface area (Å²) in [5.74, 6) is 0.385. The van der Waals surface area contributed by atoms with Crippen LogP contribution in [0.25, 0.3) is 0 Å². The van der Waals surface area contributed by atoms with Crippen molar-refractivity contribution in [2.75, 3.05) is 30.3 Å². The van der Waals surface area contributed by atoms with Gasteiger partial charge in [-0.15, -0.1) is 0 Å². The van der Waals surface area contributed by atoms with Gasteiger partial charge in [0.2, 0.25) is 11.8 Å². The molecule has 0 aliphatic carbocycles. The molecule has 0 radical (unpaired) electrons. The third-order valence-electron chi connectivity index (χ3n) is 4.97. The lowest BCUT2D eigenvalue weighted by Gasteiger charge is -2.62. The van der Waals surface area contributed by atoms with Gasteiger partial charge in [0.1, 0.15) is 6.20 Å². The van der Waals surface area contributed by atoms with Crippen LogP contribution < -0.4 is 10.6 Å². The minimum absolute atomic E-state index is 0.0827. The molecule has 24 heavy (non-hydrogen) atoms. The van der Waals surface area contributed by atoms with Crippen molar-refractivity contribution in [2.24, 2.45) is 0 Å². The van der Waals surface area contributed by atoms with Gasteiger partial charge in [0.15, 0.2) is 0 Å². The quantitative estimate of drug-likeness (QED) is 0.670. The van der Waals surface area contributed by atoms with Crippen molar-refractivity contribution in [1.82, 2.24) is 14.9 Å². The second-order valence-corrected chi connectivity index (χ2v) is 6.44. The van der Waals surface area contributed by atoms with Gasteiger partial charge in [-0.05, 0) is 12.0 Å². The lowest BCUT2D eigenvalue weighted by molar-refractivity contribution is -0.384. The normalized spacial score (nSPS) is 18.9. The van der Waals surface area contributed by atoms with Gasteiger partial charge in [-0.3, -0.25) is 15.0 Å². The van der Waals surface area contributed by atoms with Crippen molar-refractivity contribution in [3.05, 3.63) is 52.2 Å². The van der Waals surface area contributed by atoms with E-state index in [0.29, 0.717) is 5.95 Å². The molecule has 0 amide bonds. The molecule has 4 rings (SSSR count). The summed E-state index contributed by atoms with van der Waals surface area (Å²) < 4.78 is 0. The molecule has 0 unspecified atom stereocenters. The lowest BCUT2D eigenvalue weighted by Crippen LogP contribution is -2.76. The number of likely N-dealkylation sites (tertiary alicyclic amines) is 1. The van der Waals surface area contributed by atoms with Gasteiger partial charge in [0, 0.05) is 26.2 Å².